The second-order valence-electron chi connectivity index (χ2n) is 5.14. The lowest BCUT2D eigenvalue weighted by Gasteiger charge is -2.15. The molecule has 0 fully saturated rings. The van der Waals surface area contributed by atoms with Crippen molar-refractivity contribution in [2.24, 2.45) is 0 Å². The number of amides is 1. The van der Waals surface area contributed by atoms with Gasteiger partial charge in [-0.05, 0) is 24.5 Å². The molecule has 0 aliphatic rings. The Bertz CT molecular complexity index is 638. The lowest BCUT2D eigenvalue weighted by Crippen LogP contribution is -2.40. The topological polar surface area (TPSA) is 98.8 Å². The van der Waals surface area contributed by atoms with E-state index in [1.165, 1.54) is 13.2 Å². The van der Waals surface area contributed by atoms with Gasteiger partial charge in [0.2, 0.25) is 11.7 Å². The Kier molecular flexibility index (Phi) is 8.63. The summed E-state index contributed by atoms with van der Waals surface area (Å²) >= 11 is 0. The molecule has 0 bridgehead atoms. The van der Waals surface area contributed by atoms with Crippen molar-refractivity contribution in [3.05, 3.63) is 42.0 Å². The smallest absolute Gasteiger partial charge is 0.374 e. The van der Waals surface area contributed by atoms with Gasteiger partial charge in [-0.1, -0.05) is 30.3 Å². The van der Waals surface area contributed by atoms with E-state index in [4.69, 9.17) is 0 Å². The van der Waals surface area contributed by atoms with E-state index in [9.17, 15) is 19.2 Å². The van der Waals surface area contributed by atoms with Gasteiger partial charge in [-0.15, -0.1) is 0 Å². The lowest BCUT2D eigenvalue weighted by molar-refractivity contribution is -0.151. The minimum atomic E-state index is -0.926. The standard InChI is InChI=1S/C18H21NO6/c1-24-17(22)14(9-6-10-15(20)18(23)25-2)19-16(21)12-11-13-7-4-3-5-8-13/h3-5,7-8,11-12,14H,6,9-10H2,1-2H3,(H,19,21)/b12-11+/t14-/m0/s1. The van der Waals surface area contributed by atoms with E-state index in [2.05, 4.69) is 14.8 Å². The van der Waals surface area contributed by atoms with Crippen LogP contribution >= 0.6 is 0 Å². The molecule has 7 nitrogen and oxygen atoms in total. The molecular weight excluding hydrogens is 326 g/mol. The third kappa shape index (κ3) is 7.43. The first kappa shape index (κ1) is 20.1. The van der Waals surface area contributed by atoms with Crippen molar-refractivity contribution >= 4 is 29.7 Å². The first-order chi connectivity index (χ1) is 12.0. The van der Waals surface area contributed by atoms with Crippen LogP contribution in [-0.2, 0) is 28.7 Å². The highest BCUT2D eigenvalue weighted by Crippen LogP contribution is 2.06. The molecule has 1 amide bonds. The molecule has 25 heavy (non-hydrogen) atoms. The maximum atomic E-state index is 12.0. The molecule has 0 aliphatic heterocycles. The molecule has 7 heteroatoms. The predicted octanol–water partition coefficient (Wildman–Crippen LogP) is 1.27. The molecule has 0 heterocycles. The van der Waals surface area contributed by atoms with E-state index in [1.54, 1.807) is 6.08 Å². The van der Waals surface area contributed by atoms with Crippen molar-refractivity contribution in [2.75, 3.05) is 14.2 Å². The number of esters is 2. The third-order valence-electron chi connectivity index (χ3n) is 3.34. The van der Waals surface area contributed by atoms with E-state index < -0.39 is 29.7 Å². The Morgan fingerprint density at radius 1 is 1.08 bits per heavy atom. The molecule has 0 radical (unpaired) electrons. The summed E-state index contributed by atoms with van der Waals surface area (Å²) in [6.45, 7) is 0. The molecule has 1 aromatic carbocycles. The summed E-state index contributed by atoms with van der Waals surface area (Å²) in [5.41, 5.74) is 0.843. The Morgan fingerprint density at radius 2 is 1.76 bits per heavy atom. The van der Waals surface area contributed by atoms with Crippen LogP contribution in [-0.4, -0.2) is 43.9 Å². The second-order valence-corrected chi connectivity index (χ2v) is 5.14. The second kappa shape index (κ2) is 10.7. The van der Waals surface area contributed by atoms with Crippen molar-refractivity contribution in [1.29, 1.82) is 0 Å². The highest BCUT2D eigenvalue weighted by molar-refractivity contribution is 6.33. The fourth-order valence-electron chi connectivity index (χ4n) is 2.03. The number of hydrogen-bond donors (Lipinski definition) is 1. The lowest BCUT2D eigenvalue weighted by atomic mass is 10.1. The van der Waals surface area contributed by atoms with Crippen LogP contribution in [0.15, 0.2) is 36.4 Å². The zero-order valence-corrected chi connectivity index (χ0v) is 14.2. The highest BCUT2D eigenvalue weighted by Gasteiger charge is 2.22. The summed E-state index contributed by atoms with van der Waals surface area (Å²) in [6.07, 6.45) is 3.25. The van der Waals surface area contributed by atoms with Gasteiger partial charge in [0.25, 0.3) is 0 Å². The molecule has 0 aliphatic carbocycles. The van der Waals surface area contributed by atoms with Gasteiger partial charge >= 0.3 is 11.9 Å². The number of benzene rings is 1. The van der Waals surface area contributed by atoms with Gasteiger partial charge in [-0.3, -0.25) is 9.59 Å². The van der Waals surface area contributed by atoms with Gasteiger partial charge in [0, 0.05) is 12.5 Å². The number of carbonyl (C=O) groups is 4. The molecule has 0 spiro atoms. The largest absolute Gasteiger partial charge is 0.467 e. The SMILES string of the molecule is COC(=O)C(=O)CCC[C@H](NC(=O)/C=C/c1ccccc1)C(=O)OC. The van der Waals surface area contributed by atoms with Gasteiger partial charge in [-0.2, -0.15) is 0 Å². The van der Waals surface area contributed by atoms with Gasteiger partial charge in [0.1, 0.15) is 6.04 Å². The average molecular weight is 347 g/mol. The van der Waals surface area contributed by atoms with Crippen LogP contribution in [0, 0.1) is 0 Å². The number of rotatable bonds is 9. The highest BCUT2D eigenvalue weighted by atomic mass is 16.5. The number of ketones is 1. The fourth-order valence-corrected chi connectivity index (χ4v) is 2.03. The van der Waals surface area contributed by atoms with E-state index >= 15 is 0 Å². The maximum absolute atomic E-state index is 12.0. The van der Waals surface area contributed by atoms with Crippen molar-refractivity contribution in [3.63, 3.8) is 0 Å². The first-order valence-electron chi connectivity index (χ1n) is 7.70. The number of hydrogen-bond acceptors (Lipinski definition) is 6. The van der Waals surface area contributed by atoms with E-state index in [1.807, 2.05) is 30.3 Å². The summed E-state index contributed by atoms with van der Waals surface area (Å²) < 4.78 is 8.97. The van der Waals surface area contributed by atoms with Crippen LogP contribution < -0.4 is 5.32 Å². The quantitative estimate of drug-likeness (QED) is 0.410. The normalized spacial score (nSPS) is 11.6. The molecule has 134 valence electrons. The van der Waals surface area contributed by atoms with Crippen molar-refractivity contribution in [3.8, 4) is 0 Å². The summed E-state index contributed by atoms with van der Waals surface area (Å²) in [6, 6.07) is 8.31. The van der Waals surface area contributed by atoms with Gasteiger partial charge in [0.05, 0.1) is 14.2 Å². The molecule has 1 rings (SSSR count). The molecule has 0 unspecified atom stereocenters. The van der Waals surface area contributed by atoms with Crippen LogP contribution in [0.5, 0.6) is 0 Å². The number of Topliss-reactive ketones (excluding diaryl/α,β-unsaturated/α-hetero) is 1. The molecule has 1 N–H and O–H groups in total. The monoisotopic (exact) mass is 347 g/mol. The Morgan fingerprint density at radius 3 is 2.36 bits per heavy atom. The number of ether oxygens (including phenoxy) is 2. The Hall–Kier alpha value is -2.96. The van der Waals surface area contributed by atoms with E-state index in [0.717, 1.165) is 12.7 Å². The number of carbonyl (C=O) groups excluding carboxylic acids is 4. The van der Waals surface area contributed by atoms with Crippen LogP contribution in [0.25, 0.3) is 6.08 Å². The maximum Gasteiger partial charge on any atom is 0.374 e. The summed E-state index contributed by atoms with van der Waals surface area (Å²) in [4.78, 5) is 46.1. The van der Waals surface area contributed by atoms with Crippen LogP contribution in [0.2, 0.25) is 0 Å². The molecule has 0 saturated carbocycles. The Labute approximate surface area is 146 Å². The third-order valence-corrected chi connectivity index (χ3v) is 3.34. The minimum absolute atomic E-state index is 0.0735. The summed E-state index contributed by atoms with van der Waals surface area (Å²) in [7, 11) is 2.33. The predicted molar refractivity (Wildman–Crippen MR) is 90.3 cm³/mol. The van der Waals surface area contributed by atoms with Crippen molar-refractivity contribution in [1.82, 2.24) is 5.32 Å². The van der Waals surface area contributed by atoms with Gasteiger partial charge in [-0.25, -0.2) is 9.59 Å². The van der Waals surface area contributed by atoms with E-state index in [0.29, 0.717) is 0 Å². The molecule has 0 saturated heterocycles. The van der Waals surface area contributed by atoms with Crippen LogP contribution in [0.3, 0.4) is 0 Å². The molecule has 1 atom stereocenters. The fraction of sp³-hybridized carbons (Fsp3) is 0.333. The van der Waals surface area contributed by atoms with E-state index in [-0.39, 0.29) is 19.3 Å². The molecular formula is C18H21NO6. The molecule has 1 aromatic rings. The summed E-state index contributed by atoms with van der Waals surface area (Å²) in [5, 5.41) is 2.53. The minimum Gasteiger partial charge on any atom is -0.467 e. The van der Waals surface area contributed by atoms with Crippen molar-refractivity contribution in [2.45, 2.75) is 25.3 Å². The first-order valence-corrected chi connectivity index (χ1v) is 7.70. The number of methoxy groups -OCH3 is 2. The van der Waals surface area contributed by atoms with Gasteiger partial charge < -0.3 is 14.8 Å². The Balaban J connectivity index is 2.56. The van der Waals surface area contributed by atoms with Crippen LogP contribution in [0.1, 0.15) is 24.8 Å². The van der Waals surface area contributed by atoms with Gasteiger partial charge in [0.15, 0.2) is 0 Å². The zero-order chi connectivity index (χ0) is 18.7. The number of nitrogens with one attached hydrogen (secondary N) is 1. The molecule has 0 aromatic heterocycles. The van der Waals surface area contributed by atoms with Crippen molar-refractivity contribution < 1.29 is 28.7 Å². The van der Waals surface area contributed by atoms with Crippen LogP contribution in [0.4, 0.5) is 0 Å². The average Bonchev–Trinajstić information content (AvgIpc) is 2.64. The zero-order valence-electron chi connectivity index (χ0n) is 14.2. The summed E-state index contributed by atoms with van der Waals surface area (Å²) in [5.74, 6) is -2.68.